The molecule has 0 spiro atoms. The zero-order valence-electron chi connectivity index (χ0n) is 15.0. The molecule has 2 aromatic carbocycles. The van der Waals surface area contributed by atoms with Gasteiger partial charge in [-0.15, -0.1) is 0 Å². The molecule has 0 bridgehead atoms. The van der Waals surface area contributed by atoms with Crippen LogP contribution in [0.3, 0.4) is 0 Å². The van der Waals surface area contributed by atoms with Crippen molar-refractivity contribution in [2.45, 2.75) is 13.0 Å². The van der Waals surface area contributed by atoms with E-state index in [1.807, 2.05) is 43.4 Å². The van der Waals surface area contributed by atoms with Gasteiger partial charge in [-0.3, -0.25) is 9.59 Å². The summed E-state index contributed by atoms with van der Waals surface area (Å²) in [5.74, 6) is -0.114. The molecule has 25 heavy (non-hydrogen) atoms. The molecular formula is C20H25N3O2. The number of nitrogens with one attached hydrogen (secondary N) is 2. The molecule has 0 radical (unpaired) electrons. The molecular weight excluding hydrogens is 314 g/mol. The van der Waals surface area contributed by atoms with E-state index in [9.17, 15) is 9.59 Å². The smallest absolute Gasteiger partial charge is 0.254 e. The summed E-state index contributed by atoms with van der Waals surface area (Å²) < 4.78 is 0. The van der Waals surface area contributed by atoms with E-state index < -0.39 is 0 Å². The Hall–Kier alpha value is -2.66. The zero-order chi connectivity index (χ0) is 18.2. The molecule has 0 aliphatic carbocycles. The van der Waals surface area contributed by atoms with Crippen molar-refractivity contribution < 1.29 is 9.59 Å². The Morgan fingerprint density at radius 3 is 2.32 bits per heavy atom. The Morgan fingerprint density at radius 2 is 1.68 bits per heavy atom. The van der Waals surface area contributed by atoms with Crippen molar-refractivity contribution in [1.29, 1.82) is 0 Å². The zero-order valence-corrected chi connectivity index (χ0v) is 15.0. The number of amides is 2. The number of hydrogen-bond acceptors (Lipinski definition) is 3. The third-order valence-electron chi connectivity index (χ3n) is 4.10. The number of rotatable bonds is 7. The van der Waals surface area contributed by atoms with Gasteiger partial charge in [-0.2, -0.15) is 0 Å². The molecule has 0 heterocycles. The maximum atomic E-state index is 12.8. The fraction of sp³-hybridized carbons (Fsp3) is 0.300. The summed E-state index contributed by atoms with van der Waals surface area (Å²) >= 11 is 0. The van der Waals surface area contributed by atoms with Gasteiger partial charge < -0.3 is 15.5 Å². The molecule has 0 aliphatic rings. The van der Waals surface area contributed by atoms with Crippen LogP contribution in [0.4, 0.5) is 0 Å². The van der Waals surface area contributed by atoms with Gasteiger partial charge >= 0.3 is 0 Å². The molecule has 0 saturated carbocycles. The van der Waals surface area contributed by atoms with Crippen LogP contribution in [0.1, 0.15) is 31.8 Å². The number of carbonyl (C=O) groups is 2. The van der Waals surface area contributed by atoms with E-state index in [4.69, 9.17) is 0 Å². The van der Waals surface area contributed by atoms with Crippen LogP contribution in [-0.2, 0) is 13.0 Å². The van der Waals surface area contributed by atoms with Gasteiger partial charge in [0, 0.05) is 31.8 Å². The minimum atomic E-state index is -0.116. The van der Waals surface area contributed by atoms with Gasteiger partial charge in [-0.25, -0.2) is 0 Å². The minimum Gasteiger partial charge on any atom is -0.355 e. The first-order valence-corrected chi connectivity index (χ1v) is 8.35. The quantitative estimate of drug-likeness (QED) is 0.812. The largest absolute Gasteiger partial charge is 0.355 e. The highest BCUT2D eigenvalue weighted by Gasteiger charge is 2.15. The van der Waals surface area contributed by atoms with Crippen molar-refractivity contribution in [3.63, 3.8) is 0 Å². The van der Waals surface area contributed by atoms with Gasteiger partial charge in [0.1, 0.15) is 0 Å². The number of nitrogens with zero attached hydrogens (tertiary/aromatic N) is 1. The molecule has 0 fully saturated rings. The second-order valence-corrected chi connectivity index (χ2v) is 5.95. The molecule has 2 N–H and O–H groups in total. The SMILES string of the molecule is CNCCc1ccccc1C(=O)N(C)Cc1ccc(C(=O)NC)cc1. The Balaban J connectivity index is 2.09. The number of carbonyl (C=O) groups excluding carboxylic acids is 2. The van der Waals surface area contributed by atoms with Crippen LogP contribution >= 0.6 is 0 Å². The van der Waals surface area contributed by atoms with Crippen molar-refractivity contribution in [2.24, 2.45) is 0 Å². The first kappa shape index (κ1) is 18.7. The first-order valence-electron chi connectivity index (χ1n) is 8.35. The second-order valence-electron chi connectivity index (χ2n) is 5.95. The fourth-order valence-electron chi connectivity index (χ4n) is 2.66. The molecule has 5 heteroatoms. The van der Waals surface area contributed by atoms with Gasteiger partial charge in [-0.1, -0.05) is 30.3 Å². The average Bonchev–Trinajstić information content (AvgIpc) is 2.65. The van der Waals surface area contributed by atoms with Gasteiger partial charge in [0.15, 0.2) is 0 Å². The number of likely N-dealkylation sites (N-methyl/N-ethyl adjacent to an activating group) is 1. The van der Waals surface area contributed by atoms with Crippen molar-refractivity contribution in [3.8, 4) is 0 Å². The van der Waals surface area contributed by atoms with E-state index in [-0.39, 0.29) is 11.8 Å². The monoisotopic (exact) mass is 339 g/mol. The molecule has 132 valence electrons. The third kappa shape index (κ3) is 4.90. The van der Waals surface area contributed by atoms with Crippen molar-refractivity contribution in [2.75, 3.05) is 27.7 Å². The summed E-state index contributed by atoms with van der Waals surface area (Å²) in [6.45, 7) is 1.32. The molecule has 0 aliphatic heterocycles. The Labute approximate surface area is 149 Å². The van der Waals surface area contributed by atoms with E-state index in [1.54, 1.807) is 31.1 Å². The normalized spacial score (nSPS) is 10.4. The molecule has 2 amide bonds. The summed E-state index contributed by atoms with van der Waals surface area (Å²) in [7, 11) is 5.30. The maximum Gasteiger partial charge on any atom is 0.254 e. The van der Waals surface area contributed by atoms with Gasteiger partial charge in [0.05, 0.1) is 0 Å². The highest BCUT2D eigenvalue weighted by atomic mass is 16.2. The van der Waals surface area contributed by atoms with E-state index in [0.29, 0.717) is 12.1 Å². The predicted octanol–water partition coefficient (Wildman–Crippen LogP) is 2.08. The standard InChI is InChI=1S/C20H25N3O2/c1-21-13-12-16-6-4-5-7-18(16)20(25)23(3)14-15-8-10-17(11-9-15)19(24)22-2/h4-11,21H,12-14H2,1-3H3,(H,22,24). The van der Waals surface area contributed by atoms with Crippen molar-refractivity contribution >= 4 is 11.8 Å². The van der Waals surface area contributed by atoms with E-state index >= 15 is 0 Å². The van der Waals surface area contributed by atoms with Crippen molar-refractivity contribution in [3.05, 3.63) is 70.8 Å². The predicted molar refractivity (Wildman–Crippen MR) is 99.7 cm³/mol. The number of benzene rings is 2. The van der Waals surface area contributed by atoms with Gasteiger partial charge in [0.25, 0.3) is 11.8 Å². The van der Waals surface area contributed by atoms with Gasteiger partial charge in [0.2, 0.25) is 0 Å². The van der Waals surface area contributed by atoms with Crippen LogP contribution < -0.4 is 10.6 Å². The van der Waals surface area contributed by atoms with Crippen LogP contribution in [0.5, 0.6) is 0 Å². The second kappa shape index (κ2) is 8.99. The highest BCUT2D eigenvalue weighted by Crippen LogP contribution is 2.14. The van der Waals surface area contributed by atoms with Crippen LogP contribution in [0, 0.1) is 0 Å². The third-order valence-corrected chi connectivity index (χ3v) is 4.10. The lowest BCUT2D eigenvalue weighted by Crippen LogP contribution is -2.27. The van der Waals surface area contributed by atoms with Crippen LogP contribution in [0.2, 0.25) is 0 Å². The number of hydrogen-bond donors (Lipinski definition) is 2. The summed E-state index contributed by atoms with van der Waals surface area (Å²) in [4.78, 5) is 26.1. The molecule has 0 atom stereocenters. The molecule has 0 aromatic heterocycles. The maximum absolute atomic E-state index is 12.8. The van der Waals surface area contributed by atoms with Crippen molar-refractivity contribution in [1.82, 2.24) is 15.5 Å². The summed E-state index contributed by atoms with van der Waals surface area (Å²) in [5.41, 5.74) is 3.37. The summed E-state index contributed by atoms with van der Waals surface area (Å²) in [5, 5.41) is 5.71. The topological polar surface area (TPSA) is 61.4 Å². The lowest BCUT2D eigenvalue weighted by molar-refractivity contribution is 0.0783. The lowest BCUT2D eigenvalue weighted by Gasteiger charge is -2.19. The highest BCUT2D eigenvalue weighted by molar-refractivity contribution is 5.95. The Morgan fingerprint density at radius 1 is 1.00 bits per heavy atom. The Kier molecular flexibility index (Phi) is 6.71. The lowest BCUT2D eigenvalue weighted by atomic mass is 10.0. The molecule has 5 nitrogen and oxygen atoms in total. The van der Waals surface area contributed by atoms with E-state index in [2.05, 4.69) is 10.6 Å². The Bertz CT molecular complexity index is 726. The minimum absolute atomic E-state index is 0.00193. The van der Waals surface area contributed by atoms with Crippen LogP contribution in [-0.4, -0.2) is 44.4 Å². The average molecular weight is 339 g/mol. The van der Waals surface area contributed by atoms with Gasteiger partial charge in [-0.05, 0) is 49.3 Å². The first-order chi connectivity index (χ1) is 12.1. The van der Waals surface area contributed by atoms with Crippen LogP contribution in [0.15, 0.2) is 48.5 Å². The summed E-state index contributed by atoms with van der Waals surface area (Å²) in [6.07, 6.45) is 0.813. The van der Waals surface area contributed by atoms with E-state index in [1.165, 1.54) is 0 Å². The molecule has 0 saturated heterocycles. The van der Waals surface area contributed by atoms with E-state index in [0.717, 1.165) is 29.7 Å². The fourth-order valence-corrected chi connectivity index (χ4v) is 2.66. The van der Waals surface area contributed by atoms with Crippen LogP contribution in [0.25, 0.3) is 0 Å². The summed E-state index contributed by atoms with van der Waals surface area (Å²) in [6, 6.07) is 15.0. The molecule has 0 unspecified atom stereocenters. The molecule has 2 rings (SSSR count). The molecule has 2 aromatic rings.